The number of rotatable bonds is 1. The number of para-hydroxylation sites is 1. The van der Waals surface area contributed by atoms with Crippen LogP contribution < -0.4 is 5.32 Å². The monoisotopic (exact) mass is 266 g/mol. The van der Waals surface area contributed by atoms with E-state index in [4.69, 9.17) is 4.42 Å². The molecular formula is C11H11BrN2O. The van der Waals surface area contributed by atoms with Gasteiger partial charge in [-0.15, -0.1) is 0 Å². The van der Waals surface area contributed by atoms with Crippen molar-refractivity contribution in [2.45, 2.75) is 12.3 Å². The average molecular weight is 267 g/mol. The summed E-state index contributed by atoms with van der Waals surface area (Å²) in [5.74, 6) is 1.30. The SMILES string of the molecule is Brc1cccc2nc(C3CCNC3)oc12. The molecule has 0 spiro atoms. The van der Waals surface area contributed by atoms with Crippen LogP contribution in [0.3, 0.4) is 0 Å². The molecule has 1 aromatic carbocycles. The van der Waals surface area contributed by atoms with Gasteiger partial charge in [0, 0.05) is 12.5 Å². The Morgan fingerprint density at radius 3 is 3.13 bits per heavy atom. The van der Waals surface area contributed by atoms with Gasteiger partial charge in [0.05, 0.1) is 4.47 Å². The number of nitrogens with zero attached hydrogens (tertiary/aromatic N) is 1. The lowest BCUT2D eigenvalue weighted by Gasteiger charge is -1.99. The maximum absolute atomic E-state index is 5.78. The Morgan fingerprint density at radius 2 is 2.40 bits per heavy atom. The van der Waals surface area contributed by atoms with Gasteiger partial charge in [-0.05, 0) is 41.0 Å². The van der Waals surface area contributed by atoms with E-state index in [0.717, 1.165) is 41.0 Å². The summed E-state index contributed by atoms with van der Waals surface area (Å²) in [7, 11) is 0. The van der Waals surface area contributed by atoms with Crippen LogP contribution in [-0.4, -0.2) is 18.1 Å². The van der Waals surface area contributed by atoms with Gasteiger partial charge in [-0.3, -0.25) is 0 Å². The molecule has 1 atom stereocenters. The van der Waals surface area contributed by atoms with E-state index >= 15 is 0 Å². The molecule has 1 saturated heterocycles. The highest BCUT2D eigenvalue weighted by atomic mass is 79.9. The Labute approximate surface area is 96.0 Å². The first kappa shape index (κ1) is 9.36. The van der Waals surface area contributed by atoms with E-state index in [-0.39, 0.29) is 0 Å². The van der Waals surface area contributed by atoms with Gasteiger partial charge in [-0.25, -0.2) is 4.98 Å². The lowest BCUT2D eigenvalue weighted by Crippen LogP contribution is -2.07. The van der Waals surface area contributed by atoms with Crippen molar-refractivity contribution in [3.05, 3.63) is 28.6 Å². The van der Waals surface area contributed by atoms with E-state index in [1.807, 2.05) is 18.2 Å². The van der Waals surface area contributed by atoms with Gasteiger partial charge in [-0.1, -0.05) is 6.07 Å². The minimum atomic E-state index is 0.435. The predicted molar refractivity (Wildman–Crippen MR) is 61.9 cm³/mol. The first-order valence-corrected chi connectivity index (χ1v) is 5.89. The average Bonchev–Trinajstić information content (AvgIpc) is 2.86. The second kappa shape index (κ2) is 3.61. The number of halogens is 1. The van der Waals surface area contributed by atoms with Gasteiger partial charge >= 0.3 is 0 Å². The van der Waals surface area contributed by atoms with E-state index in [1.54, 1.807) is 0 Å². The first-order valence-electron chi connectivity index (χ1n) is 5.10. The lowest BCUT2D eigenvalue weighted by atomic mass is 10.1. The molecule has 1 N–H and O–H groups in total. The summed E-state index contributed by atoms with van der Waals surface area (Å²) in [6, 6.07) is 5.94. The highest BCUT2D eigenvalue weighted by Gasteiger charge is 2.22. The number of hydrogen-bond donors (Lipinski definition) is 1. The number of nitrogens with one attached hydrogen (secondary N) is 1. The quantitative estimate of drug-likeness (QED) is 0.863. The van der Waals surface area contributed by atoms with Crippen molar-refractivity contribution in [2.24, 2.45) is 0 Å². The highest BCUT2D eigenvalue weighted by Crippen LogP contribution is 2.29. The van der Waals surface area contributed by atoms with Crippen LogP contribution in [0, 0.1) is 0 Å². The van der Waals surface area contributed by atoms with Gasteiger partial charge in [-0.2, -0.15) is 0 Å². The van der Waals surface area contributed by atoms with Crippen molar-refractivity contribution in [3.63, 3.8) is 0 Å². The van der Waals surface area contributed by atoms with Gasteiger partial charge in [0.1, 0.15) is 5.52 Å². The molecule has 2 aromatic rings. The number of fused-ring (bicyclic) bond motifs is 1. The van der Waals surface area contributed by atoms with E-state index < -0.39 is 0 Å². The minimum absolute atomic E-state index is 0.435. The lowest BCUT2D eigenvalue weighted by molar-refractivity contribution is 0.484. The largest absolute Gasteiger partial charge is 0.439 e. The van der Waals surface area contributed by atoms with Gasteiger partial charge < -0.3 is 9.73 Å². The van der Waals surface area contributed by atoms with Gasteiger partial charge in [0.2, 0.25) is 0 Å². The Balaban J connectivity index is 2.09. The summed E-state index contributed by atoms with van der Waals surface area (Å²) < 4.78 is 6.76. The molecule has 0 amide bonds. The summed E-state index contributed by atoms with van der Waals surface area (Å²) in [4.78, 5) is 4.52. The smallest absolute Gasteiger partial charge is 0.199 e. The molecule has 0 aliphatic carbocycles. The number of benzene rings is 1. The van der Waals surface area contributed by atoms with Crippen molar-refractivity contribution in [1.82, 2.24) is 10.3 Å². The molecule has 4 heteroatoms. The van der Waals surface area contributed by atoms with Crippen LogP contribution in [0.1, 0.15) is 18.2 Å². The van der Waals surface area contributed by atoms with Crippen LogP contribution in [0.4, 0.5) is 0 Å². The van der Waals surface area contributed by atoms with Crippen LogP contribution >= 0.6 is 15.9 Å². The zero-order valence-electron chi connectivity index (χ0n) is 8.16. The molecule has 1 aromatic heterocycles. The summed E-state index contributed by atoms with van der Waals surface area (Å²) >= 11 is 3.47. The topological polar surface area (TPSA) is 38.1 Å². The summed E-state index contributed by atoms with van der Waals surface area (Å²) in [5.41, 5.74) is 1.80. The fourth-order valence-corrected chi connectivity index (χ4v) is 2.41. The van der Waals surface area contributed by atoms with Gasteiger partial charge in [0.25, 0.3) is 0 Å². The Morgan fingerprint density at radius 1 is 1.47 bits per heavy atom. The predicted octanol–water partition coefficient (Wildman–Crippen LogP) is 2.67. The second-order valence-corrected chi connectivity index (χ2v) is 4.68. The molecule has 1 aliphatic rings. The Bertz CT molecular complexity index is 488. The van der Waals surface area contributed by atoms with Crippen LogP contribution in [0.5, 0.6) is 0 Å². The van der Waals surface area contributed by atoms with Crippen LogP contribution in [0.15, 0.2) is 27.1 Å². The van der Waals surface area contributed by atoms with Crippen molar-refractivity contribution < 1.29 is 4.42 Å². The molecule has 0 bridgehead atoms. The second-order valence-electron chi connectivity index (χ2n) is 3.83. The third-order valence-electron chi connectivity index (χ3n) is 2.79. The van der Waals surface area contributed by atoms with E-state index in [1.165, 1.54) is 0 Å². The molecule has 1 aliphatic heterocycles. The van der Waals surface area contributed by atoms with Crippen LogP contribution in [-0.2, 0) is 0 Å². The van der Waals surface area contributed by atoms with E-state index in [0.29, 0.717) is 5.92 Å². The molecule has 15 heavy (non-hydrogen) atoms. The fraction of sp³-hybridized carbons (Fsp3) is 0.364. The maximum atomic E-state index is 5.78. The molecule has 1 unspecified atom stereocenters. The minimum Gasteiger partial charge on any atom is -0.439 e. The standard InChI is InChI=1S/C11H11BrN2O/c12-8-2-1-3-9-10(8)15-11(14-9)7-4-5-13-6-7/h1-3,7,13H,4-6H2. The summed E-state index contributed by atoms with van der Waals surface area (Å²) in [6.45, 7) is 2.04. The zero-order chi connectivity index (χ0) is 10.3. The van der Waals surface area contributed by atoms with Crippen molar-refractivity contribution >= 4 is 27.0 Å². The molecule has 0 saturated carbocycles. The fourth-order valence-electron chi connectivity index (χ4n) is 1.97. The van der Waals surface area contributed by atoms with Crippen molar-refractivity contribution in [2.75, 3.05) is 13.1 Å². The molecule has 78 valence electrons. The Hall–Kier alpha value is -0.870. The zero-order valence-corrected chi connectivity index (χ0v) is 9.75. The van der Waals surface area contributed by atoms with Crippen molar-refractivity contribution in [1.29, 1.82) is 0 Å². The van der Waals surface area contributed by atoms with Gasteiger partial charge in [0.15, 0.2) is 11.5 Å². The Kier molecular flexibility index (Phi) is 2.25. The van der Waals surface area contributed by atoms with Crippen LogP contribution in [0.25, 0.3) is 11.1 Å². The molecule has 3 nitrogen and oxygen atoms in total. The molecule has 1 fully saturated rings. The normalized spacial score (nSPS) is 21.3. The summed E-state index contributed by atoms with van der Waals surface area (Å²) in [6.07, 6.45) is 1.12. The first-order chi connectivity index (χ1) is 7.34. The number of aromatic nitrogens is 1. The van der Waals surface area contributed by atoms with Crippen LogP contribution in [0.2, 0.25) is 0 Å². The summed E-state index contributed by atoms with van der Waals surface area (Å²) in [5, 5.41) is 3.32. The number of hydrogen-bond acceptors (Lipinski definition) is 3. The molecular weight excluding hydrogens is 256 g/mol. The highest BCUT2D eigenvalue weighted by molar-refractivity contribution is 9.10. The molecule has 3 rings (SSSR count). The third-order valence-corrected chi connectivity index (χ3v) is 3.42. The number of oxazole rings is 1. The molecule has 2 heterocycles. The third kappa shape index (κ3) is 1.58. The van der Waals surface area contributed by atoms with E-state index in [2.05, 4.69) is 26.2 Å². The van der Waals surface area contributed by atoms with Crippen molar-refractivity contribution in [3.8, 4) is 0 Å². The molecule has 0 radical (unpaired) electrons. The van der Waals surface area contributed by atoms with E-state index in [9.17, 15) is 0 Å². The maximum Gasteiger partial charge on any atom is 0.199 e.